The molecule has 6 heteroatoms. The summed E-state index contributed by atoms with van der Waals surface area (Å²) in [6, 6.07) is -0.0280. The average molecular weight is 318 g/mol. The monoisotopic (exact) mass is 318 g/mol. The van der Waals surface area contributed by atoms with Crippen molar-refractivity contribution in [1.29, 1.82) is 0 Å². The summed E-state index contributed by atoms with van der Waals surface area (Å²) < 4.78 is 1.60. The SMILES string of the molecule is CC1CCC(C(=O)N[C@@H]2CCCc3cn(CC(N)=O)nc32)CC1. The Balaban J connectivity index is 1.66. The van der Waals surface area contributed by atoms with Crippen LogP contribution in [-0.2, 0) is 22.6 Å². The zero-order valence-electron chi connectivity index (χ0n) is 13.8. The average Bonchev–Trinajstić information content (AvgIpc) is 2.90. The van der Waals surface area contributed by atoms with E-state index >= 15 is 0 Å². The summed E-state index contributed by atoms with van der Waals surface area (Å²) in [6.07, 6.45) is 9.04. The maximum atomic E-state index is 12.5. The number of primary amides is 1. The highest BCUT2D eigenvalue weighted by molar-refractivity contribution is 5.79. The smallest absolute Gasteiger partial charge is 0.239 e. The highest BCUT2D eigenvalue weighted by Gasteiger charge is 2.29. The van der Waals surface area contributed by atoms with Crippen molar-refractivity contribution in [1.82, 2.24) is 15.1 Å². The van der Waals surface area contributed by atoms with Crippen LogP contribution in [0.1, 0.15) is 62.7 Å². The molecule has 126 valence electrons. The van der Waals surface area contributed by atoms with Gasteiger partial charge in [-0.3, -0.25) is 14.3 Å². The minimum absolute atomic E-state index is 0.0280. The first-order chi connectivity index (χ1) is 11.0. The van der Waals surface area contributed by atoms with Gasteiger partial charge in [-0.1, -0.05) is 6.92 Å². The number of aromatic nitrogens is 2. The van der Waals surface area contributed by atoms with E-state index in [4.69, 9.17) is 5.73 Å². The maximum absolute atomic E-state index is 12.5. The Labute approximate surface area is 136 Å². The molecule has 0 unspecified atom stereocenters. The molecule has 2 amide bonds. The Bertz CT molecular complexity index is 587. The third kappa shape index (κ3) is 3.74. The molecular weight excluding hydrogens is 292 g/mol. The minimum atomic E-state index is -0.401. The fraction of sp³-hybridized carbons (Fsp3) is 0.706. The largest absolute Gasteiger partial charge is 0.368 e. The lowest BCUT2D eigenvalue weighted by atomic mass is 9.82. The molecule has 0 radical (unpaired) electrons. The van der Waals surface area contributed by atoms with E-state index in [2.05, 4.69) is 17.3 Å². The van der Waals surface area contributed by atoms with Crippen molar-refractivity contribution in [2.75, 3.05) is 0 Å². The standard InChI is InChI=1S/C17H26N4O2/c1-11-5-7-12(8-6-11)17(23)19-14-4-2-3-13-9-21(10-15(18)22)20-16(13)14/h9,11-12,14H,2-8,10H2,1H3,(H2,18,22)(H,19,23)/t11?,12?,14-/m1/s1. The first kappa shape index (κ1) is 16.0. The third-order valence-corrected chi connectivity index (χ3v) is 5.16. The summed E-state index contributed by atoms with van der Waals surface area (Å²) in [6.45, 7) is 2.35. The summed E-state index contributed by atoms with van der Waals surface area (Å²) in [5, 5.41) is 7.68. The lowest BCUT2D eigenvalue weighted by Crippen LogP contribution is -2.37. The van der Waals surface area contributed by atoms with Crippen molar-refractivity contribution < 1.29 is 9.59 Å². The topological polar surface area (TPSA) is 90.0 Å². The lowest BCUT2D eigenvalue weighted by molar-refractivity contribution is -0.127. The Kier molecular flexibility index (Phi) is 4.68. The van der Waals surface area contributed by atoms with Crippen molar-refractivity contribution in [3.63, 3.8) is 0 Å². The summed E-state index contributed by atoms with van der Waals surface area (Å²) in [5.41, 5.74) is 7.27. The number of fused-ring (bicyclic) bond motifs is 1. The molecule has 23 heavy (non-hydrogen) atoms. The number of hydrogen-bond donors (Lipinski definition) is 2. The van der Waals surface area contributed by atoms with E-state index in [1.807, 2.05) is 6.20 Å². The van der Waals surface area contributed by atoms with Crippen molar-refractivity contribution in [3.05, 3.63) is 17.5 Å². The van der Waals surface area contributed by atoms with E-state index in [1.165, 1.54) is 0 Å². The van der Waals surface area contributed by atoms with Gasteiger partial charge >= 0.3 is 0 Å². The highest BCUT2D eigenvalue weighted by Crippen LogP contribution is 2.31. The predicted octanol–water partition coefficient (Wildman–Crippen LogP) is 1.69. The Morgan fingerprint density at radius 3 is 2.74 bits per heavy atom. The molecular formula is C17H26N4O2. The summed E-state index contributed by atoms with van der Waals surface area (Å²) in [7, 11) is 0. The van der Waals surface area contributed by atoms with Crippen LogP contribution < -0.4 is 11.1 Å². The number of amides is 2. The molecule has 1 heterocycles. The zero-order valence-corrected chi connectivity index (χ0v) is 13.8. The Morgan fingerprint density at radius 1 is 1.30 bits per heavy atom. The first-order valence-corrected chi connectivity index (χ1v) is 8.68. The first-order valence-electron chi connectivity index (χ1n) is 8.68. The van der Waals surface area contributed by atoms with E-state index in [1.54, 1.807) is 4.68 Å². The fourth-order valence-corrected chi connectivity index (χ4v) is 3.79. The normalized spacial score (nSPS) is 27.3. The van der Waals surface area contributed by atoms with Crippen molar-refractivity contribution in [2.45, 2.75) is 64.5 Å². The van der Waals surface area contributed by atoms with Gasteiger partial charge in [0.2, 0.25) is 11.8 Å². The van der Waals surface area contributed by atoms with Crippen LogP contribution in [0.5, 0.6) is 0 Å². The lowest BCUT2D eigenvalue weighted by Gasteiger charge is -2.28. The van der Waals surface area contributed by atoms with Gasteiger partial charge < -0.3 is 11.1 Å². The van der Waals surface area contributed by atoms with Crippen LogP contribution in [0, 0.1) is 11.8 Å². The van der Waals surface area contributed by atoms with Crippen molar-refractivity contribution >= 4 is 11.8 Å². The molecule has 2 aliphatic carbocycles. The molecule has 6 nitrogen and oxygen atoms in total. The van der Waals surface area contributed by atoms with Gasteiger partial charge in [0.15, 0.2) is 0 Å². The number of carbonyl (C=O) groups excluding carboxylic acids is 2. The molecule has 1 saturated carbocycles. The molecule has 0 spiro atoms. The van der Waals surface area contributed by atoms with Crippen LogP contribution in [0.3, 0.4) is 0 Å². The van der Waals surface area contributed by atoms with Crippen molar-refractivity contribution in [2.24, 2.45) is 17.6 Å². The molecule has 2 aliphatic rings. The third-order valence-electron chi connectivity index (χ3n) is 5.16. The quantitative estimate of drug-likeness (QED) is 0.885. The summed E-state index contributed by atoms with van der Waals surface area (Å²) in [4.78, 5) is 23.6. The predicted molar refractivity (Wildman–Crippen MR) is 86.4 cm³/mol. The molecule has 1 atom stereocenters. The van der Waals surface area contributed by atoms with Gasteiger partial charge in [-0.25, -0.2) is 0 Å². The van der Waals surface area contributed by atoms with Gasteiger partial charge in [0, 0.05) is 12.1 Å². The van der Waals surface area contributed by atoms with Gasteiger partial charge in [-0.2, -0.15) is 5.10 Å². The van der Waals surface area contributed by atoms with Gasteiger partial charge in [0.25, 0.3) is 0 Å². The Morgan fingerprint density at radius 2 is 2.04 bits per heavy atom. The van der Waals surface area contributed by atoms with Crippen LogP contribution in [-0.4, -0.2) is 21.6 Å². The van der Waals surface area contributed by atoms with E-state index in [-0.39, 0.29) is 24.4 Å². The fourth-order valence-electron chi connectivity index (χ4n) is 3.79. The molecule has 0 aromatic carbocycles. The van der Waals surface area contributed by atoms with E-state index in [0.29, 0.717) is 0 Å². The van der Waals surface area contributed by atoms with Crippen LogP contribution in [0.25, 0.3) is 0 Å². The van der Waals surface area contributed by atoms with E-state index in [0.717, 1.165) is 62.1 Å². The Hall–Kier alpha value is -1.85. The molecule has 0 saturated heterocycles. The molecule has 0 aliphatic heterocycles. The van der Waals surface area contributed by atoms with Gasteiger partial charge in [-0.15, -0.1) is 0 Å². The number of carbonyl (C=O) groups is 2. The molecule has 1 fully saturated rings. The number of nitrogens with two attached hydrogens (primary N) is 1. The van der Waals surface area contributed by atoms with Crippen LogP contribution >= 0.6 is 0 Å². The van der Waals surface area contributed by atoms with E-state index < -0.39 is 5.91 Å². The van der Waals surface area contributed by atoms with Gasteiger partial charge in [0.1, 0.15) is 6.54 Å². The number of aryl methyl sites for hydroxylation is 1. The number of nitrogens with one attached hydrogen (secondary N) is 1. The van der Waals surface area contributed by atoms with Crippen molar-refractivity contribution in [3.8, 4) is 0 Å². The van der Waals surface area contributed by atoms with Crippen LogP contribution in [0.2, 0.25) is 0 Å². The molecule has 1 aromatic heterocycles. The molecule has 0 bridgehead atoms. The maximum Gasteiger partial charge on any atom is 0.239 e. The number of hydrogen-bond acceptors (Lipinski definition) is 3. The second-order valence-electron chi connectivity index (χ2n) is 7.11. The number of nitrogens with zero attached hydrogens (tertiary/aromatic N) is 2. The van der Waals surface area contributed by atoms with Crippen LogP contribution in [0.15, 0.2) is 6.20 Å². The van der Waals surface area contributed by atoms with Gasteiger partial charge in [0.05, 0.1) is 11.7 Å². The second kappa shape index (κ2) is 6.72. The van der Waals surface area contributed by atoms with E-state index in [9.17, 15) is 9.59 Å². The summed E-state index contributed by atoms with van der Waals surface area (Å²) in [5.74, 6) is 0.648. The molecule has 3 N–H and O–H groups in total. The minimum Gasteiger partial charge on any atom is -0.368 e. The second-order valence-corrected chi connectivity index (χ2v) is 7.11. The van der Waals surface area contributed by atoms with Crippen LogP contribution in [0.4, 0.5) is 0 Å². The highest BCUT2D eigenvalue weighted by atomic mass is 16.2. The zero-order chi connectivity index (χ0) is 16.4. The number of rotatable bonds is 4. The van der Waals surface area contributed by atoms with Gasteiger partial charge in [-0.05, 0) is 56.4 Å². The molecule has 3 rings (SSSR count). The summed E-state index contributed by atoms with van der Waals surface area (Å²) >= 11 is 0. The molecule has 1 aromatic rings.